The van der Waals surface area contributed by atoms with Crippen molar-refractivity contribution in [1.29, 1.82) is 0 Å². The predicted molar refractivity (Wildman–Crippen MR) is 81.0 cm³/mol. The fourth-order valence-corrected chi connectivity index (χ4v) is 2.45. The number of aromatic nitrogens is 1. The van der Waals surface area contributed by atoms with E-state index < -0.39 is 0 Å². The summed E-state index contributed by atoms with van der Waals surface area (Å²) in [7, 11) is 0. The molecule has 0 spiro atoms. The highest BCUT2D eigenvalue weighted by molar-refractivity contribution is 7.11. The second-order valence-corrected chi connectivity index (χ2v) is 5.54. The molecule has 0 aliphatic rings. The van der Waals surface area contributed by atoms with Crippen molar-refractivity contribution in [3.8, 4) is 0 Å². The molecule has 0 radical (unpaired) electrons. The predicted octanol–water partition coefficient (Wildman–Crippen LogP) is 2.82. The second-order valence-electron chi connectivity index (χ2n) is 4.22. The van der Waals surface area contributed by atoms with Crippen LogP contribution in [0.1, 0.15) is 27.2 Å². The van der Waals surface area contributed by atoms with Crippen LogP contribution in [-0.2, 0) is 11.3 Å². The number of carbonyl (C=O) groups excluding carboxylic acids is 1. The number of thiazole rings is 1. The topological polar surface area (TPSA) is 77.2 Å². The molecular weight excluding hydrogens is 274 g/mol. The highest BCUT2D eigenvalue weighted by atomic mass is 32.1. The van der Waals surface area contributed by atoms with E-state index in [4.69, 9.17) is 10.5 Å². The van der Waals surface area contributed by atoms with Crippen LogP contribution < -0.4 is 11.1 Å². The lowest BCUT2D eigenvalue weighted by Gasteiger charge is -2.10. The summed E-state index contributed by atoms with van der Waals surface area (Å²) in [5, 5.41) is 4.24. The molecule has 0 aliphatic carbocycles. The van der Waals surface area contributed by atoms with Crippen molar-refractivity contribution >= 4 is 28.7 Å². The number of nitrogens with one attached hydrogen (secondary N) is 1. The lowest BCUT2D eigenvalue weighted by atomic mass is 10.1. The summed E-state index contributed by atoms with van der Waals surface area (Å²) in [6.07, 6.45) is 1.83. The number of hydrogen-bond donors (Lipinski definition) is 2. The Labute approximate surface area is 121 Å². The maximum absolute atomic E-state index is 11.7. The first-order chi connectivity index (χ1) is 9.60. The number of benzene rings is 1. The molecule has 20 heavy (non-hydrogen) atoms. The van der Waals surface area contributed by atoms with Crippen LogP contribution in [-0.4, -0.2) is 17.6 Å². The molecule has 0 bridgehead atoms. The SMILES string of the molecule is CCOC(=O)c1ccc(N)c(NCc2cnc(C)s2)c1. The minimum atomic E-state index is -0.343. The molecule has 1 aromatic carbocycles. The van der Waals surface area contributed by atoms with Gasteiger partial charge in [0.25, 0.3) is 0 Å². The Morgan fingerprint density at radius 3 is 2.95 bits per heavy atom. The van der Waals surface area contributed by atoms with Crippen molar-refractivity contribution in [2.24, 2.45) is 0 Å². The van der Waals surface area contributed by atoms with Gasteiger partial charge in [0.15, 0.2) is 0 Å². The second kappa shape index (κ2) is 6.38. The smallest absolute Gasteiger partial charge is 0.338 e. The third-order valence-electron chi connectivity index (χ3n) is 2.69. The van der Waals surface area contributed by atoms with E-state index in [1.165, 1.54) is 0 Å². The number of nitrogens with two attached hydrogens (primary N) is 1. The van der Waals surface area contributed by atoms with Crippen LogP contribution in [0.2, 0.25) is 0 Å². The summed E-state index contributed by atoms with van der Waals surface area (Å²) < 4.78 is 4.97. The van der Waals surface area contributed by atoms with Gasteiger partial charge in [0.1, 0.15) is 0 Å². The van der Waals surface area contributed by atoms with E-state index in [0.29, 0.717) is 24.4 Å². The van der Waals surface area contributed by atoms with Gasteiger partial charge in [0.2, 0.25) is 0 Å². The summed E-state index contributed by atoms with van der Waals surface area (Å²) in [5.41, 5.74) is 7.72. The van der Waals surface area contributed by atoms with Crippen LogP contribution >= 0.6 is 11.3 Å². The van der Waals surface area contributed by atoms with Gasteiger partial charge >= 0.3 is 5.97 Å². The summed E-state index contributed by atoms with van der Waals surface area (Å²) in [4.78, 5) is 17.0. The molecule has 0 saturated carbocycles. The van der Waals surface area contributed by atoms with Gasteiger partial charge in [-0.1, -0.05) is 0 Å². The molecular formula is C14H17N3O2S. The third-order valence-corrected chi connectivity index (χ3v) is 3.60. The van der Waals surface area contributed by atoms with Crippen molar-refractivity contribution in [3.63, 3.8) is 0 Å². The summed E-state index contributed by atoms with van der Waals surface area (Å²) in [6, 6.07) is 5.07. The van der Waals surface area contributed by atoms with Gasteiger partial charge in [-0.05, 0) is 32.0 Å². The van der Waals surface area contributed by atoms with Gasteiger partial charge in [-0.2, -0.15) is 0 Å². The number of aryl methyl sites for hydroxylation is 1. The Balaban J connectivity index is 2.10. The van der Waals surface area contributed by atoms with Crippen LogP contribution in [0.5, 0.6) is 0 Å². The number of nitrogen functional groups attached to an aromatic ring is 1. The zero-order chi connectivity index (χ0) is 14.5. The number of anilines is 2. The van der Waals surface area contributed by atoms with Crippen molar-refractivity contribution in [1.82, 2.24) is 4.98 Å². The number of carbonyl (C=O) groups is 1. The highest BCUT2D eigenvalue weighted by Crippen LogP contribution is 2.22. The van der Waals surface area contributed by atoms with Gasteiger partial charge in [0.05, 0.1) is 35.1 Å². The van der Waals surface area contributed by atoms with E-state index in [-0.39, 0.29) is 5.97 Å². The Kier molecular flexibility index (Phi) is 4.57. The molecule has 5 nitrogen and oxygen atoms in total. The zero-order valence-electron chi connectivity index (χ0n) is 11.5. The maximum Gasteiger partial charge on any atom is 0.338 e. The molecule has 106 valence electrons. The fourth-order valence-electron chi connectivity index (χ4n) is 1.72. The van der Waals surface area contributed by atoms with E-state index in [0.717, 1.165) is 15.6 Å². The Hall–Kier alpha value is -2.08. The first-order valence-electron chi connectivity index (χ1n) is 6.32. The molecule has 6 heteroatoms. The maximum atomic E-state index is 11.7. The third kappa shape index (κ3) is 3.48. The molecule has 1 aromatic heterocycles. The Morgan fingerprint density at radius 1 is 1.50 bits per heavy atom. The number of esters is 1. The number of hydrogen-bond acceptors (Lipinski definition) is 6. The van der Waals surface area contributed by atoms with Gasteiger partial charge in [0, 0.05) is 11.1 Å². The molecule has 2 rings (SSSR count). The van der Waals surface area contributed by atoms with Crippen LogP contribution in [0.15, 0.2) is 24.4 Å². The Bertz CT molecular complexity index is 610. The summed E-state index contributed by atoms with van der Waals surface area (Å²) in [6.45, 7) is 4.72. The van der Waals surface area contributed by atoms with Gasteiger partial charge in [-0.15, -0.1) is 11.3 Å². The summed E-state index contributed by atoms with van der Waals surface area (Å²) in [5.74, 6) is -0.343. The van der Waals surface area contributed by atoms with Gasteiger partial charge in [-0.25, -0.2) is 9.78 Å². The van der Waals surface area contributed by atoms with Crippen molar-refractivity contribution in [3.05, 3.63) is 39.8 Å². The van der Waals surface area contributed by atoms with Crippen LogP contribution in [0, 0.1) is 6.92 Å². The molecule has 3 N–H and O–H groups in total. The number of nitrogens with zero attached hydrogens (tertiary/aromatic N) is 1. The molecule has 1 heterocycles. The van der Waals surface area contributed by atoms with Crippen LogP contribution in [0.4, 0.5) is 11.4 Å². The van der Waals surface area contributed by atoms with E-state index >= 15 is 0 Å². The van der Waals surface area contributed by atoms with Crippen molar-refractivity contribution in [2.75, 3.05) is 17.7 Å². The standard InChI is InChI=1S/C14H17N3O2S/c1-3-19-14(18)10-4-5-12(15)13(6-10)17-8-11-7-16-9(2)20-11/h4-7,17H,3,8,15H2,1-2H3. The molecule has 2 aromatic rings. The van der Waals surface area contributed by atoms with E-state index in [9.17, 15) is 4.79 Å². The van der Waals surface area contributed by atoms with Crippen LogP contribution in [0.25, 0.3) is 0 Å². The minimum Gasteiger partial charge on any atom is -0.462 e. The van der Waals surface area contributed by atoms with E-state index in [2.05, 4.69) is 10.3 Å². The molecule has 0 aliphatic heterocycles. The first kappa shape index (κ1) is 14.3. The highest BCUT2D eigenvalue weighted by Gasteiger charge is 2.09. The average Bonchev–Trinajstić information content (AvgIpc) is 2.84. The number of ether oxygens (including phenoxy) is 1. The van der Waals surface area contributed by atoms with Crippen LogP contribution in [0.3, 0.4) is 0 Å². The lowest BCUT2D eigenvalue weighted by Crippen LogP contribution is -2.07. The first-order valence-corrected chi connectivity index (χ1v) is 7.13. The largest absolute Gasteiger partial charge is 0.462 e. The Morgan fingerprint density at radius 2 is 2.30 bits per heavy atom. The lowest BCUT2D eigenvalue weighted by molar-refractivity contribution is 0.0526. The van der Waals surface area contributed by atoms with Gasteiger partial charge in [-0.3, -0.25) is 0 Å². The number of rotatable bonds is 5. The van der Waals surface area contributed by atoms with Crippen molar-refractivity contribution in [2.45, 2.75) is 20.4 Å². The monoisotopic (exact) mass is 291 g/mol. The fraction of sp³-hybridized carbons (Fsp3) is 0.286. The molecule has 0 fully saturated rings. The molecule has 0 atom stereocenters. The zero-order valence-corrected chi connectivity index (χ0v) is 12.3. The summed E-state index contributed by atoms with van der Waals surface area (Å²) >= 11 is 1.63. The van der Waals surface area contributed by atoms with E-state index in [1.54, 1.807) is 36.5 Å². The van der Waals surface area contributed by atoms with E-state index in [1.807, 2.05) is 13.1 Å². The normalized spacial score (nSPS) is 10.3. The quantitative estimate of drug-likeness (QED) is 0.654. The van der Waals surface area contributed by atoms with Gasteiger partial charge < -0.3 is 15.8 Å². The minimum absolute atomic E-state index is 0.343. The molecule has 0 saturated heterocycles. The molecule has 0 unspecified atom stereocenters. The van der Waals surface area contributed by atoms with Crippen molar-refractivity contribution < 1.29 is 9.53 Å². The average molecular weight is 291 g/mol. The molecule has 0 amide bonds.